The fourth-order valence-electron chi connectivity index (χ4n) is 3.62. The van der Waals surface area contributed by atoms with Crippen LogP contribution in [0.25, 0.3) is 10.9 Å². The monoisotopic (exact) mass is 505 g/mol. The summed E-state index contributed by atoms with van der Waals surface area (Å²) in [5.41, 5.74) is 7.64. The summed E-state index contributed by atoms with van der Waals surface area (Å²) in [5, 5.41) is 17.7. The van der Waals surface area contributed by atoms with Crippen molar-refractivity contribution in [1.82, 2.24) is 20.9 Å². The number of H-pyrrole nitrogens is 1. The molecule has 4 atom stereocenters. The van der Waals surface area contributed by atoms with Crippen LogP contribution in [-0.4, -0.2) is 70.5 Å². The summed E-state index contributed by atoms with van der Waals surface area (Å²) in [6, 6.07) is 4.85. The maximum absolute atomic E-state index is 13.3. The lowest BCUT2D eigenvalue weighted by Gasteiger charge is -2.27. The lowest BCUT2D eigenvalue weighted by Crippen LogP contribution is -2.58. The minimum absolute atomic E-state index is 0.135. The number of thioether (sulfide) groups is 1. The highest BCUT2D eigenvalue weighted by Gasteiger charge is 2.31. The third-order valence-electron chi connectivity index (χ3n) is 5.91. The number of hydrogen-bond donors (Lipinski definition) is 6. The van der Waals surface area contributed by atoms with Gasteiger partial charge in [-0.15, -0.1) is 0 Å². The van der Waals surface area contributed by atoms with Crippen LogP contribution in [0.15, 0.2) is 30.5 Å². The van der Waals surface area contributed by atoms with Gasteiger partial charge in [-0.1, -0.05) is 38.5 Å². The van der Waals surface area contributed by atoms with E-state index in [4.69, 9.17) is 10.8 Å². The van der Waals surface area contributed by atoms with Crippen molar-refractivity contribution in [1.29, 1.82) is 0 Å². The van der Waals surface area contributed by atoms with Crippen molar-refractivity contribution in [2.75, 3.05) is 18.6 Å². The number of para-hydroxylation sites is 1. The highest BCUT2D eigenvalue weighted by molar-refractivity contribution is 7.98. The SMILES string of the molecule is CCC(C)C(NC(=O)C(N)CCSC)C(=O)NC(Cc1c[nH]c2ccccc12)C(=O)NCC(=O)O. The van der Waals surface area contributed by atoms with E-state index < -0.39 is 48.4 Å². The van der Waals surface area contributed by atoms with Crippen molar-refractivity contribution in [2.45, 2.75) is 51.2 Å². The summed E-state index contributed by atoms with van der Waals surface area (Å²) in [5.74, 6) is -2.28. The molecule has 1 aromatic heterocycles. The minimum Gasteiger partial charge on any atom is -0.480 e. The van der Waals surface area contributed by atoms with E-state index in [-0.39, 0.29) is 12.3 Å². The second kappa shape index (κ2) is 13.7. The van der Waals surface area contributed by atoms with E-state index in [2.05, 4.69) is 20.9 Å². The summed E-state index contributed by atoms with van der Waals surface area (Å²) in [6.45, 7) is 3.15. The Labute approximate surface area is 209 Å². The van der Waals surface area contributed by atoms with E-state index in [0.29, 0.717) is 18.6 Å². The van der Waals surface area contributed by atoms with Gasteiger partial charge in [-0.25, -0.2) is 0 Å². The molecule has 0 aliphatic rings. The van der Waals surface area contributed by atoms with Gasteiger partial charge in [0.15, 0.2) is 0 Å². The molecule has 4 unspecified atom stereocenters. The van der Waals surface area contributed by atoms with Gasteiger partial charge in [0.25, 0.3) is 0 Å². The van der Waals surface area contributed by atoms with Crippen molar-refractivity contribution in [3.05, 3.63) is 36.0 Å². The van der Waals surface area contributed by atoms with Crippen LogP contribution in [-0.2, 0) is 25.6 Å². The zero-order valence-electron chi connectivity index (χ0n) is 20.3. The van der Waals surface area contributed by atoms with E-state index in [1.54, 1.807) is 18.0 Å². The first-order valence-corrected chi connectivity index (χ1v) is 13.0. The number of benzene rings is 1. The molecule has 0 saturated carbocycles. The molecule has 0 radical (unpaired) electrons. The molecule has 11 heteroatoms. The first-order chi connectivity index (χ1) is 16.7. The molecule has 1 aromatic carbocycles. The predicted octanol–water partition coefficient (Wildman–Crippen LogP) is 1.01. The van der Waals surface area contributed by atoms with Crippen LogP contribution in [0.2, 0.25) is 0 Å². The third kappa shape index (κ3) is 8.29. The molecule has 3 amide bonds. The maximum atomic E-state index is 13.3. The van der Waals surface area contributed by atoms with Gasteiger partial charge in [-0.05, 0) is 36.0 Å². The first-order valence-electron chi connectivity index (χ1n) is 11.6. The first kappa shape index (κ1) is 28.2. The zero-order valence-corrected chi connectivity index (χ0v) is 21.1. The van der Waals surface area contributed by atoms with Crippen molar-refractivity contribution in [3.8, 4) is 0 Å². The Kier molecular flexibility index (Phi) is 11.1. The van der Waals surface area contributed by atoms with Crippen molar-refractivity contribution < 1.29 is 24.3 Å². The predicted molar refractivity (Wildman–Crippen MR) is 137 cm³/mol. The Morgan fingerprint density at radius 1 is 1.11 bits per heavy atom. The number of aromatic nitrogens is 1. The molecule has 7 N–H and O–H groups in total. The van der Waals surface area contributed by atoms with Crippen LogP contribution in [0, 0.1) is 5.92 Å². The Balaban J connectivity index is 2.23. The topological polar surface area (TPSA) is 166 Å². The molecule has 0 aliphatic heterocycles. The molecule has 1 heterocycles. The standard InChI is InChI=1S/C24H35N5O5S/c1-4-14(2)21(29-22(32)17(25)9-10-35-3)24(34)28-19(23(33)27-13-20(30)31)11-15-12-26-18-8-6-5-7-16(15)18/h5-8,12,14,17,19,21,26H,4,9-11,13,25H2,1-3H3,(H,27,33)(H,28,34)(H,29,32)(H,30,31). The van der Waals surface area contributed by atoms with Gasteiger partial charge in [-0.2, -0.15) is 11.8 Å². The van der Waals surface area contributed by atoms with Crippen LogP contribution in [0.1, 0.15) is 32.3 Å². The number of amides is 3. The van der Waals surface area contributed by atoms with Gasteiger partial charge in [-0.3, -0.25) is 19.2 Å². The number of aromatic amines is 1. The summed E-state index contributed by atoms with van der Waals surface area (Å²) >= 11 is 1.58. The van der Waals surface area contributed by atoms with Crippen LogP contribution < -0.4 is 21.7 Å². The molecular formula is C24H35N5O5S. The van der Waals surface area contributed by atoms with E-state index in [0.717, 1.165) is 16.5 Å². The summed E-state index contributed by atoms with van der Waals surface area (Å²) in [4.78, 5) is 52.8. The molecule has 0 spiro atoms. The molecular weight excluding hydrogens is 470 g/mol. The Morgan fingerprint density at radius 3 is 2.49 bits per heavy atom. The number of rotatable bonds is 14. The second-order valence-electron chi connectivity index (χ2n) is 8.50. The molecule has 2 aromatic rings. The van der Waals surface area contributed by atoms with Gasteiger partial charge >= 0.3 is 5.97 Å². The molecule has 35 heavy (non-hydrogen) atoms. The number of nitrogens with two attached hydrogens (primary N) is 1. The highest BCUT2D eigenvalue weighted by atomic mass is 32.2. The maximum Gasteiger partial charge on any atom is 0.322 e. The molecule has 0 bridgehead atoms. The number of carboxylic acid groups (broad SMARTS) is 1. The van der Waals surface area contributed by atoms with Gasteiger partial charge in [0, 0.05) is 23.5 Å². The lowest BCUT2D eigenvalue weighted by molar-refractivity contribution is -0.138. The van der Waals surface area contributed by atoms with Crippen molar-refractivity contribution >= 4 is 46.4 Å². The van der Waals surface area contributed by atoms with Crippen molar-refractivity contribution in [2.24, 2.45) is 11.7 Å². The normalized spacial score (nSPS) is 14.5. The van der Waals surface area contributed by atoms with E-state index in [9.17, 15) is 19.2 Å². The second-order valence-corrected chi connectivity index (χ2v) is 9.48. The van der Waals surface area contributed by atoms with E-state index in [1.807, 2.05) is 44.4 Å². The average Bonchev–Trinajstić information content (AvgIpc) is 3.25. The molecule has 10 nitrogen and oxygen atoms in total. The average molecular weight is 506 g/mol. The fraction of sp³-hybridized carbons (Fsp3) is 0.500. The van der Waals surface area contributed by atoms with Crippen LogP contribution in [0.4, 0.5) is 0 Å². The fourth-order valence-corrected chi connectivity index (χ4v) is 4.10. The number of nitrogens with one attached hydrogen (secondary N) is 4. The number of carboxylic acids is 1. The highest BCUT2D eigenvalue weighted by Crippen LogP contribution is 2.19. The molecule has 192 valence electrons. The number of hydrogen-bond acceptors (Lipinski definition) is 6. The quantitative estimate of drug-likeness (QED) is 0.223. The van der Waals surface area contributed by atoms with Crippen LogP contribution in [0.5, 0.6) is 0 Å². The Bertz CT molecular complexity index is 1030. The van der Waals surface area contributed by atoms with E-state index in [1.165, 1.54) is 0 Å². The zero-order chi connectivity index (χ0) is 26.0. The van der Waals surface area contributed by atoms with Gasteiger partial charge in [0.05, 0.1) is 6.04 Å². The Morgan fingerprint density at radius 2 is 1.83 bits per heavy atom. The van der Waals surface area contributed by atoms with E-state index >= 15 is 0 Å². The number of carbonyl (C=O) groups is 4. The number of fused-ring (bicyclic) bond motifs is 1. The third-order valence-corrected chi connectivity index (χ3v) is 6.55. The number of carbonyl (C=O) groups excluding carboxylic acids is 3. The van der Waals surface area contributed by atoms with Crippen molar-refractivity contribution in [3.63, 3.8) is 0 Å². The molecule has 0 saturated heterocycles. The number of aliphatic carboxylic acids is 1. The summed E-state index contributed by atoms with van der Waals surface area (Å²) < 4.78 is 0. The van der Waals surface area contributed by atoms with Gasteiger partial charge < -0.3 is 31.8 Å². The van der Waals surface area contributed by atoms with Gasteiger partial charge in [0.1, 0.15) is 18.6 Å². The molecule has 0 aliphatic carbocycles. The minimum atomic E-state index is -1.19. The summed E-state index contributed by atoms with van der Waals surface area (Å²) in [6.07, 6.45) is 4.89. The molecule has 0 fully saturated rings. The summed E-state index contributed by atoms with van der Waals surface area (Å²) in [7, 11) is 0. The largest absolute Gasteiger partial charge is 0.480 e. The van der Waals surface area contributed by atoms with Gasteiger partial charge in [0.2, 0.25) is 17.7 Å². The van der Waals surface area contributed by atoms with Crippen LogP contribution in [0.3, 0.4) is 0 Å². The Hall–Kier alpha value is -3.05. The lowest BCUT2D eigenvalue weighted by atomic mass is 9.96. The van der Waals surface area contributed by atoms with Crippen LogP contribution >= 0.6 is 11.8 Å². The molecule has 2 rings (SSSR count). The smallest absolute Gasteiger partial charge is 0.322 e.